The van der Waals surface area contributed by atoms with Crippen molar-refractivity contribution in [3.8, 4) is 11.5 Å². The Morgan fingerprint density at radius 1 is 1.10 bits per heavy atom. The molecule has 1 aliphatic carbocycles. The average Bonchev–Trinajstić information content (AvgIpc) is 3.08. The molecule has 1 heterocycles. The van der Waals surface area contributed by atoms with Crippen molar-refractivity contribution in [2.24, 2.45) is 5.92 Å². The highest BCUT2D eigenvalue weighted by Crippen LogP contribution is 2.44. The Labute approximate surface area is 134 Å². The fourth-order valence-electron chi connectivity index (χ4n) is 3.14. The van der Waals surface area contributed by atoms with Gasteiger partial charge in [0, 0.05) is 0 Å². The molecule has 0 aromatic heterocycles. The Morgan fingerprint density at radius 2 is 1.67 bits per heavy atom. The molecule has 2 fully saturated rings. The maximum absolute atomic E-state index is 12.8. The highest BCUT2D eigenvalue weighted by Gasteiger charge is 2.56. The third kappa shape index (κ3) is 4.43. The van der Waals surface area contributed by atoms with Crippen LogP contribution in [0.4, 0.5) is 0 Å². The van der Waals surface area contributed by atoms with Gasteiger partial charge in [-0.2, -0.15) is 0 Å². The largest absolute Gasteiger partial charge is 0.242 e. The predicted molar refractivity (Wildman–Crippen MR) is 95.0 cm³/mol. The first-order valence-electron chi connectivity index (χ1n) is 8.34. The topological polar surface area (TPSA) is 20.1 Å². The minimum Gasteiger partial charge on any atom is -0.242 e. The summed E-state index contributed by atoms with van der Waals surface area (Å²) in [5.41, 5.74) is 3.50. The standard InChI is InChI=1S/C17H31NOSSi/c1-17(2,3)20(19)18-15(12-13-21(4,5)6)16(18)14-10-8-7-9-11-14/h14-16H,7-11H2,1-6H3/t15-,16-,18?,20?/m1/s1. The zero-order valence-corrected chi connectivity index (χ0v) is 16.3. The minimum absolute atomic E-state index is 0.178. The summed E-state index contributed by atoms with van der Waals surface area (Å²) in [7, 11) is -2.28. The van der Waals surface area contributed by atoms with Crippen molar-refractivity contribution in [1.29, 1.82) is 0 Å². The van der Waals surface area contributed by atoms with Crippen LogP contribution in [0, 0.1) is 17.4 Å². The lowest BCUT2D eigenvalue weighted by Gasteiger charge is -2.23. The van der Waals surface area contributed by atoms with Gasteiger partial charge in [-0.15, -0.1) is 5.54 Å². The van der Waals surface area contributed by atoms with Crippen LogP contribution in [0.5, 0.6) is 0 Å². The molecule has 2 nitrogen and oxygen atoms in total. The fraction of sp³-hybridized carbons (Fsp3) is 0.882. The number of hydrogen-bond donors (Lipinski definition) is 0. The van der Waals surface area contributed by atoms with Crippen LogP contribution in [0.15, 0.2) is 0 Å². The zero-order valence-electron chi connectivity index (χ0n) is 14.5. The first-order valence-corrected chi connectivity index (χ1v) is 12.9. The van der Waals surface area contributed by atoms with Crippen molar-refractivity contribution in [2.75, 3.05) is 0 Å². The van der Waals surface area contributed by atoms with Gasteiger partial charge in [0.2, 0.25) is 0 Å². The van der Waals surface area contributed by atoms with Crippen LogP contribution in [0.25, 0.3) is 0 Å². The molecule has 21 heavy (non-hydrogen) atoms. The lowest BCUT2D eigenvalue weighted by Crippen LogP contribution is -2.30. The number of rotatable bonds is 2. The summed E-state index contributed by atoms with van der Waals surface area (Å²) in [4.78, 5) is 0. The van der Waals surface area contributed by atoms with E-state index >= 15 is 0 Å². The molecule has 0 bridgehead atoms. The van der Waals surface area contributed by atoms with Crippen LogP contribution in [0.2, 0.25) is 19.6 Å². The third-order valence-corrected chi connectivity index (χ3v) is 7.04. The molecule has 0 amide bonds. The SMILES string of the molecule is CC(C)(C)S(=O)N1[C@H](C#C[Si](C)(C)C)[C@H]1C1CCCCC1. The predicted octanol–water partition coefficient (Wildman–Crippen LogP) is 3.96. The summed E-state index contributed by atoms with van der Waals surface area (Å²) in [6.07, 6.45) is 6.65. The molecule has 1 aliphatic heterocycles. The van der Waals surface area contributed by atoms with Crippen molar-refractivity contribution < 1.29 is 4.21 Å². The van der Waals surface area contributed by atoms with E-state index < -0.39 is 19.1 Å². The molecule has 0 aromatic carbocycles. The van der Waals surface area contributed by atoms with Crippen molar-refractivity contribution in [3.05, 3.63) is 0 Å². The van der Waals surface area contributed by atoms with Crippen LogP contribution >= 0.6 is 0 Å². The Bertz CT molecular complexity index is 460. The van der Waals surface area contributed by atoms with Gasteiger partial charge < -0.3 is 0 Å². The van der Waals surface area contributed by atoms with E-state index in [1.54, 1.807) is 0 Å². The normalized spacial score (nSPS) is 32.2. The van der Waals surface area contributed by atoms with Crippen LogP contribution in [-0.4, -0.2) is 33.4 Å². The number of nitrogens with zero attached hydrogens (tertiary/aromatic N) is 1. The van der Waals surface area contributed by atoms with Crippen LogP contribution < -0.4 is 0 Å². The van der Waals surface area contributed by atoms with Crippen LogP contribution in [-0.2, 0) is 11.0 Å². The lowest BCUT2D eigenvalue weighted by molar-refractivity contribution is 0.337. The van der Waals surface area contributed by atoms with E-state index in [-0.39, 0.29) is 10.8 Å². The fourth-order valence-corrected chi connectivity index (χ4v) is 5.19. The molecule has 2 unspecified atom stereocenters. The molecule has 0 N–H and O–H groups in total. The van der Waals surface area contributed by atoms with Crippen molar-refractivity contribution in [3.63, 3.8) is 0 Å². The average molecular weight is 326 g/mol. The van der Waals surface area contributed by atoms with E-state index in [1.165, 1.54) is 32.1 Å². The molecule has 0 radical (unpaired) electrons. The molecule has 0 aromatic rings. The summed E-state index contributed by atoms with van der Waals surface area (Å²) in [5, 5.41) is 0. The summed E-state index contributed by atoms with van der Waals surface area (Å²) >= 11 is 0. The molecule has 2 aliphatic rings. The first-order chi connectivity index (χ1) is 9.61. The van der Waals surface area contributed by atoms with E-state index in [9.17, 15) is 4.21 Å². The van der Waals surface area contributed by atoms with Crippen molar-refractivity contribution in [2.45, 2.75) is 89.3 Å². The second kappa shape index (κ2) is 6.18. The van der Waals surface area contributed by atoms with E-state index in [0.29, 0.717) is 12.0 Å². The molecule has 0 spiro atoms. The third-order valence-electron chi connectivity index (χ3n) is 4.24. The minimum atomic E-state index is -1.36. The van der Waals surface area contributed by atoms with Crippen LogP contribution in [0.3, 0.4) is 0 Å². The Balaban J connectivity index is 2.15. The Kier molecular flexibility index (Phi) is 5.07. The Hall–Kier alpha value is -0.113. The lowest BCUT2D eigenvalue weighted by atomic mass is 9.86. The quantitative estimate of drug-likeness (QED) is 0.427. The van der Waals surface area contributed by atoms with Gasteiger partial charge in [-0.3, -0.25) is 0 Å². The van der Waals surface area contributed by atoms with Gasteiger partial charge in [-0.1, -0.05) is 44.8 Å². The Morgan fingerprint density at radius 3 is 2.14 bits per heavy atom. The van der Waals surface area contributed by atoms with Crippen molar-refractivity contribution in [1.82, 2.24) is 4.31 Å². The molecule has 1 saturated heterocycles. The van der Waals surface area contributed by atoms with Crippen LogP contribution in [0.1, 0.15) is 52.9 Å². The van der Waals surface area contributed by atoms with E-state index in [0.717, 1.165) is 0 Å². The van der Waals surface area contributed by atoms with Gasteiger partial charge in [-0.25, -0.2) is 8.51 Å². The molecular weight excluding hydrogens is 294 g/mol. The van der Waals surface area contributed by atoms with Gasteiger partial charge in [0.25, 0.3) is 0 Å². The second-order valence-electron chi connectivity index (χ2n) is 8.57. The molecule has 4 heteroatoms. The van der Waals surface area contributed by atoms with Gasteiger partial charge in [0.1, 0.15) is 19.1 Å². The van der Waals surface area contributed by atoms with Gasteiger partial charge >= 0.3 is 0 Å². The maximum Gasteiger partial charge on any atom is 0.129 e. The summed E-state index contributed by atoms with van der Waals surface area (Å²) in [5.74, 6) is 4.21. The first kappa shape index (κ1) is 17.2. The maximum atomic E-state index is 12.8. The molecule has 2 rings (SSSR count). The molecule has 4 atom stereocenters. The van der Waals surface area contributed by atoms with Gasteiger partial charge in [-0.05, 0) is 39.5 Å². The molecule has 120 valence electrons. The smallest absolute Gasteiger partial charge is 0.129 e. The zero-order chi connectivity index (χ0) is 15.8. The summed E-state index contributed by atoms with van der Waals surface area (Å²) in [6, 6.07) is 0.703. The number of hydrogen-bond acceptors (Lipinski definition) is 1. The van der Waals surface area contributed by atoms with Crippen molar-refractivity contribution >= 4 is 19.1 Å². The molecular formula is C17H31NOSSi. The van der Waals surface area contributed by atoms with E-state index in [1.807, 2.05) is 0 Å². The van der Waals surface area contributed by atoms with Gasteiger partial charge in [0.05, 0.1) is 16.8 Å². The summed E-state index contributed by atoms with van der Waals surface area (Å²) in [6.45, 7) is 13.1. The summed E-state index contributed by atoms with van der Waals surface area (Å²) < 4.78 is 14.8. The van der Waals surface area contributed by atoms with Gasteiger partial charge in [0.15, 0.2) is 0 Å². The van der Waals surface area contributed by atoms with E-state index in [2.05, 4.69) is 56.2 Å². The highest BCUT2D eigenvalue weighted by molar-refractivity contribution is 7.84. The second-order valence-corrected chi connectivity index (χ2v) is 15.5. The monoisotopic (exact) mass is 325 g/mol. The highest BCUT2D eigenvalue weighted by atomic mass is 32.2. The van der Waals surface area contributed by atoms with E-state index in [4.69, 9.17) is 0 Å². The molecule has 1 saturated carbocycles.